The lowest BCUT2D eigenvalue weighted by molar-refractivity contribution is 0.345. The van der Waals surface area contributed by atoms with Gasteiger partial charge in [-0.2, -0.15) is 0 Å². The molecule has 1 aliphatic heterocycles. The Kier molecular flexibility index (Phi) is 4.48. The zero-order valence-corrected chi connectivity index (χ0v) is 11.4. The van der Waals surface area contributed by atoms with E-state index in [0.717, 1.165) is 25.5 Å². The summed E-state index contributed by atoms with van der Waals surface area (Å²) in [5.41, 5.74) is 0. The number of nitrogens with one attached hydrogen (secondary N) is 1. The molecule has 2 rings (SSSR count). The Hall–Kier alpha value is -0.510. The Bertz CT molecular complexity index is 384. The number of likely N-dealkylation sites (tertiary alicyclic amines) is 1. The first-order valence-corrected chi connectivity index (χ1v) is 6.72. The molecule has 0 radical (unpaired) electrons. The molecule has 1 fully saturated rings. The normalized spacial score (nSPS) is 20.8. The molecule has 0 spiro atoms. The van der Waals surface area contributed by atoms with E-state index in [4.69, 9.17) is 23.2 Å². The van der Waals surface area contributed by atoms with Gasteiger partial charge in [-0.15, -0.1) is 0 Å². The van der Waals surface area contributed by atoms with Crippen LogP contribution in [0.5, 0.6) is 0 Å². The molecular weight excluding hydrogens is 257 g/mol. The fourth-order valence-electron chi connectivity index (χ4n) is 2.15. The molecule has 1 aromatic rings. The van der Waals surface area contributed by atoms with Crippen LogP contribution in [0.2, 0.25) is 10.0 Å². The lowest BCUT2D eigenvalue weighted by atomic mass is 10.1. The van der Waals surface area contributed by atoms with Crippen molar-refractivity contribution < 1.29 is 0 Å². The molecule has 3 nitrogen and oxygen atoms in total. The first-order valence-electron chi connectivity index (χ1n) is 5.96. The van der Waals surface area contributed by atoms with E-state index >= 15 is 0 Å². The summed E-state index contributed by atoms with van der Waals surface area (Å²) in [6.45, 7) is 6.62. The Labute approximate surface area is 112 Å². The molecule has 1 N–H and O–H groups in total. The van der Waals surface area contributed by atoms with Gasteiger partial charge in [0, 0.05) is 19.3 Å². The van der Waals surface area contributed by atoms with Gasteiger partial charge in [-0.1, -0.05) is 30.1 Å². The molecule has 5 heteroatoms. The number of pyridine rings is 1. The molecule has 1 atom stereocenters. The van der Waals surface area contributed by atoms with Crippen LogP contribution < -0.4 is 5.32 Å². The minimum absolute atomic E-state index is 0.568. The van der Waals surface area contributed by atoms with E-state index < -0.39 is 0 Å². The van der Waals surface area contributed by atoms with Gasteiger partial charge in [0.05, 0.1) is 10.0 Å². The fourth-order valence-corrected chi connectivity index (χ4v) is 2.60. The molecule has 17 heavy (non-hydrogen) atoms. The highest BCUT2D eigenvalue weighted by atomic mass is 35.5. The van der Waals surface area contributed by atoms with E-state index in [1.54, 1.807) is 12.3 Å². The Morgan fingerprint density at radius 2 is 2.35 bits per heavy atom. The van der Waals surface area contributed by atoms with Gasteiger partial charge in [-0.3, -0.25) is 0 Å². The number of anilines is 1. The van der Waals surface area contributed by atoms with Crippen molar-refractivity contribution in [3.8, 4) is 0 Å². The number of aromatic nitrogens is 1. The van der Waals surface area contributed by atoms with Crippen molar-refractivity contribution in [2.75, 3.05) is 31.5 Å². The van der Waals surface area contributed by atoms with E-state index in [0.29, 0.717) is 16.0 Å². The number of hydrogen-bond acceptors (Lipinski definition) is 3. The second-order valence-corrected chi connectivity index (χ2v) is 5.26. The smallest absolute Gasteiger partial charge is 0.144 e. The quantitative estimate of drug-likeness (QED) is 0.914. The highest BCUT2D eigenvalue weighted by Crippen LogP contribution is 2.23. The first-order chi connectivity index (χ1) is 8.19. The molecule has 0 amide bonds. The molecular formula is C12H17Cl2N3. The van der Waals surface area contributed by atoms with Crippen LogP contribution in [0.15, 0.2) is 12.3 Å². The Balaban J connectivity index is 1.86. The highest BCUT2D eigenvalue weighted by molar-refractivity contribution is 6.35. The van der Waals surface area contributed by atoms with Gasteiger partial charge in [0.1, 0.15) is 5.82 Å². The van der Waals surface area contributed by atoms with Crippen molar-refractivity contribution in [3.63, 3.8) is 0 Å². The zero-order chi connectivity index (χ0) is 12.3. The average molecular weight is 274 g/mol. The maximum atomic E-state index is 6.05. The third-order valence-corrected chi connectivity index (χ3v) is 3.68. The third kappa shape index (κ3) is 3.47. The summed E-state index contributed by atoms with van der Waals surface area (Å²) in [4.78, 5) is 6.65. The maximum absolute atomic E-state index is 6.05. The van der Waals surface area contributed by atoms with Crippen molar-refractivity contribution in [2.45, 2.75) is 13.3 Å². The highest BCUT2D eigenvalue weighted by Gasteiger charge is 2.20. The number of halogens is 2. The van der Waals surface area contributed by atoms with Crippen molar-refractivity contribution in [2.24, 2.45) is 5.92 Å². The van der Waals surface area contributed by atoms with E-state index in [1.165, 1.54) is 13.0 Å². The van der Waals surface area contributed by atoms with Crippen molar-refractivity contribution in [1.29, 1.82) is 0 Å². The van der Waals surface area contributed by atoms with Crippen molar-refractivity contribution >= 4 is 29.0 Å². The van der Waals surface area contributed by atoms with Crippen LogP contribution in [0, 0.1) is 5.92 Å². The molecule has 2 heterocycles. The van der Waals surface area contributed by atoms with E-state index in [9.17, 15) is 0 Å². The molecule has 0 aromatic carbocycles. The van der Waals surface area contributed by atoms with Crippen LogP contribution in [0.3, 0.4) is 0 Å². The van der Waals surface area contributed by atoms with Crippen LogP contribution in [0.25, 0.3) is 0 Å². The largest absolute Gasteiger partial charge is 0.369 e. The van der Waals surface area contributed by atoms with E-state index in [2.05, 4.69) is 22.1 Å². The first kappa shape index (κ1) is 12.9. The predicted molar refractivity (Wildman–Crippen MR) is 73.0 cm³/mol. The fraction of sp³-hybridized carbons (Fsp3) is 0.583. The minimum atomic E-state index is 0.568. The van der Waals surface area contributed by atoms with Gasteiger partial charge in [-0.05, 0) is 31.5 Å². The summed E-state index contributed by atoms with van der Waals surface area (Å²) in [6.07, 6.45) is 2.86. The summed E-state index contributed by atoms with van der Waals surface area (Å²) >= 11 is 11.9. The van der Waals surface area contributed by atoms with Crippen LogP contribution in [-0.2, 0) is 0 Å². The summed E-state index contributed by atoms with van der Waals surface area (Å²) in [5, 5.41) is 4.45. The second-order valence-electron chi connectivity index (χ2n) is 4.41. The maximum Gasteiger partial charge on any atom is 0.144 e. The number of rotatable bonds is 4. The summed E-state index contributed by atoms with van der Waals surface area (Å²) in [7, 11) is 0. The molecule has 1 aromatic heterocycles. The summed E-state index contributed by atoms with van der Waals surface area (Å²) in [6, 6.07) is 1.71. The van der Waals surface area contributed by atoms with Crippen LogP contribution in [0.1, 0.15) is 13.3 Å². The topological polar surface area (TPSA) is 28.2 Å². The third-order valence-electron chi connectivity index (χ3n) is 3.18. The molecule has 0 aliphatic carbocycles. The Morgan fingerprint density at radius 3 is 3.00 bits per heavy atom. The molecule has 1 unspecified atom stereocenters. The Morgan fingerprint density at radius 1 is 1.53 bits per heavy atom. The van der Waals surface area contributed by atoms with E-state index in [1.807, 2.05) is 0 Å². The van der Waals surface area contributed by atoms with Crippen LogP contribution in [-0.4, -0.2) is 36.1 Å². The molecule has 94 valence electrons. The molecule has 0 bridgehead atoms. The van der Waals surface area contributed by atoms with Crippen molar-refractivity contribution in [3.05, 3.63) is 22.3 Å². The number of hydrogen-bond donors (Lipinski definition) is 1. The monoisotopic (exact) mass is 273 g/mol. The lowest BCUT2D eigenvalue weighted by Gasteiger charge is -2.14. The SMILES string of the molecule is CCN1CCC(CNc2ncc(Cl)cc2Cl)C1. The molecule has 1 saturated heterocycles. The summed E-state index contributed by atoms with van der Waals surface area (Å²) < 4.78 is 0. The zero-order valence-electron chi connectivity index (χ0n) is 9.92. The van der Waals surface area contributed by atoms with E-state index in [-0.39, 0.29) is 0 Å². The standard InChI is InChI=1S/C12H17Cl2N3/c1-2-17-4-3-9(8-17)6-15-12-11(14)5-10(13)7-16-12/h5,7,9H,2-4,6,8H2,1H3,(H,15,16). The van der Waals surface area contributed by atoms with Gasteiger partial charge < -0.3 is 10.2 Å². The van der Waals surface area contributed by atoms with Gasteiger partial charge in [0.25, 0.3) is 0 Å². The number of nitrogens with zero attached hydrogens (tertiary/aromatic N) is 2. The van der Waals surface area contributed by atoms with Crippen LogP contribution in [0.4, 0.5) is 5.82 Å². The van der Waals surface area contributed by atoms with Crippen molar-refractivity contribution in [1.82, 2.24) is 9.88 Å². The van der Waals surface area contributed by atoms with Gasteiger partial charge >= 0.3 is 0 Å². The predicted octanol–water partition coefficient (Wildman–Crippen LogP) is 3.14. The van der Waals surface area contributed by atoms with Crippen LogP contribution >= 0.6 is 23.2 Å². The average Bonchev–Trinajstić information content (AvgIpc) is 2.76. The second kappa shape index (κ2) is 5.89. The van der Waals surface area contributed by atoms with Gasteiger partial charge in [0.2, 0.25) is 0 Å². The van der Waals surface area contributed by atoms with Gasteiger partial charge in [-0.25, -0.2) is 4.98 Å². The molecule has 0 saturated carbocycles. The van der Waals surface area contributed by atoms with Gasteiger partial charge in [0.15, 0.2) is 0 Å². The minimum Gasteiger partial charge on any atom is -0.369 e. The molecule has 1 aliphatic rings. The lowest BCUT2D eigenvalue weighted by Crippen LogP contribution is -2.22. The summed E-state index contributed by atoms with van der Waals surface area (Å²) in [5.74, 6) is 1.41.